The molecule has 0 unspecified atom stereocenters. The van der Waals surface area contributed by atoms with Crippen molar-refractivity contribution < 1.29 is 14.3 Å². The third kappa shape index (κ3) is 3.75. The lowest BCUT2D eigenvalue weighted by Crippen LogP contribution is -2.43. The predicted octanol–water partition coefficient (Wildman–Crippen LogP) is 0.495. The molecule has 128 valence electrons. The molecule has 2 N–H and O–H groups in total. The number of aryl methyl sites for hydroxylation is 1. The Hall–Kier alpha value is -1.95. The summed E-state index contributed by atoms with van der Waals surface area (Å²) >= 11 is 1.41. The fraction of sp³-hybridized carbons (Fsp3) is 0.562. The number of nitriles is 1. The molecule has 2 amide bonds. The Balaban J connectivity index is 1.49. The summed E-state index contributed by atoms with van der Waals surface area (Å²) in [6.45, 7) is 4.20. The van der Waals surface area contributed by atoms with E-state index >= 15 is 0 Å². The number of nitrogens with zero attached hydrogens (tertiary/aromatic N) is 2. The van der Waals surface area contributed by atoms with Gasteiger partial charge in [0, 0.05) is 31.1 Å². The second-order valence-corrected chi connectivity index (χ2v) is 6.94. The zero-order valence-corrected chi connectivity index (χ0v) is 14.2. The molecular weight excluding hydrogens is 328 g/mol. The summed E-state index contributed by atoms with van der Waals surface area (Å²) in [6, 6.07) is 2.15. The van der Waals surface area contributed by atoms with Gasteiger partial charge in [0.2, 0.25) is 0 Å². The van der Waals surface area contributed by atoms with Crippen molar-refractivity contribution in [2.24, 2.45) is 0 Å². The number of ether oxygens (including phenoxy) is 1. The zero-order chi connectivity index (χ0) is 16.9. The second-order valence-electron chi connectivity index (χ2n) is 5.84. The Bertz CT molecular complexity index is 674. The Labute approximate surface area is 144 Å². The van der Waals surface area contributed by atoms with Crippen molar-refractivity contribution in [2.75, 3.05) is 44.7 Å². The number of thiophene rings is 1. The van der Waals surface area contributed by atoms with Gasteiger partial charge in [-0.15, -0.1) is 11.3 Å². The lowest BCUT2D eigenvalue weighted by Gasteiger charge is -2.26. The van der Waals surface area contributed by atoms with Crippen LogP contribution >= 0.6 is 11.3 Å². The van der Waals surface area contributed by atoms with Crippen molar-refractivity contribution in [1.29, 1.82) is 5.26 Å². The van der Waals surface area contributed by atoms with Crippen LogP contribution in [0.25, 0.3) is 0 Å². The van der Waals surface area contributed by atoms with Gasteiger partial charge in [-0.05, 0) is 24.8 Å². The minimum absolute atomic E-state index is 0.415. The van der Waals surface area contributed by atoms with Crippen molar-refractivity contribution in [3.05, 3.63) is 16.0 Å². The Morgan fingerprint density at radius 1 is 1.25 bits per heavy atom. The molecular formula is C16H20N4O3S. The maximum atomic E-state index is 12.0. The SMILES string of the molecule is N#Cc1c(NC(=O)C(=O)NCCN2CCOCC2)sc2c1CCC2. The van der Waals surface area contributed by atoms with Gasteiger partial charge in [-0.25, -0.2) is 0 Å². The Morgan fingerprint density at radius 3 is 2.79 bits per heavy atom. The van der Waals surface area contributed by atoms with E-state index in [0.717, 1.165) is 42.8 Å². The normalized spacial score (nSPS) is 17.1. The molecule has 2 heterocycles. The minimum Gasteiger partial charge on any atom is -0.379 e. The minimum atomic E-state index is -0.714. The number of carbonyl (C=O) groups excluding carboxylic acids is 2. The van der Waals surface area contributed by atoms with Gasteiger partial charge in [-0.2, -0.15) is 5.26 Å². The molecule has 7 nitrogen and oxygen atoms in total. The first-order valence-electron chi connectivity index (χ1n) is 8.13. The highest BCUT2D eigenvalue weighted by molar-refractivity contribution is 7.16. The Kier molecular flexibility index (Phi) is 5.45. The van der Waals surface area contributed by atoms with Gasteiger partial charge in [0.15, 0.2) is 0 Å². The average molecular weight is 348 g/mol. The largest absolute Gasteiger partial charge is 0.379 e. The molecule has 24 heavy (non-hydrogen) atoms. The van der Waals surface area contributed by atoms with E-state index < -0.39 is 11.8 Å². The molecule has 0 saturated carbocycles. The van der Waals surface area contributed by atoms with Gasteiger partial charge in [0.05, 0.1) is 18.8 Å². The van der Waals surface area contributed by atoms with Gasteiger partial charge in [0.25, 0.3) is 0 Å². The van der Waals surface area contributed by atoms with E-state index in [2.05, 4.69) is 21.6 Å². The molecule has 3 rings (SSSR count). The lowest BCUT2D eigenvalue weighted by molar-refractivity contribution is -0.136. The molecule has 0 atom stereocenters. The van der Waals surface area contributed by atoms with E-state index in [0.29, 0.717) is 36.9 Å². The van der Waals surface area contributed by atoms with Crippen molar-refractivity contribution >= 4 is 28.2 Å². The molecule has 1 fully saturated rings. The van der Waals surface area contributed by atoms with E-state index in [1.165, 1.54) is 11.3 Å². The summed E-state index contributed by atoms with van der Waals surface area (Å²) in [5.41, 5.74) is 1.55. The fourth-order valence-electron chi connectivity index (χ4n) is 3.00. The molecule has 0 bridgehead atoms. The highest BCUT2D eigenvalue weighted by atomic mass is 32.1. The summed E-state index contributed by atoms with van der Waals surface area (Å²) in [4.78, 5) is 27.3. The summed E-state index contributed by atoms with van der Waals surface area (Å²) in [5, 5.41) is 15.0. The molecule has 0 aromatic carbocycles. The number of nitrogens with one attached hydrogen (secondary N) is 2. The van der Waals surface area contributed by atoms with Crippen LogP contribution in [0.2, 0.25) is 0 Å². The van der Waals surface area contributed by atoms with Crippen molar-refractivity contribution in [2.45, 2.75) is 19.3 Å². The number of anilines is 1. The summed E-state index contributed by atoms with van der Waals surface area (Å²) < 4.78 is 5.26. The smallest absolute Gasteiger partial charge is 0.314 e. The maximum absolute atomic E-state index is 12.0. The maximum Gasteiger partial charge on any atom is 0.314 e. The van der Waals surface area contributed by atoms with Gasteiger partial charge in [-0.1, -0.05) is 0 Å². The monoisotopic (exact) mass is 348 g/mol. The van der Waals surface area contributed by atoms with Crippen LogP contribution in [0.4, 0.5) is 5.00 Å². The van der Waals surface area contributed by atoms with Gasteiger partial charge < -0.3 is 15.4 Å². The summed E-state index contributed by atoms with van der Waals surface area (Å²) in [5.74, 6) is -1.38. The van der Waals surface area contributed by atoms with Gasteiger partial charge in [-0.3, -0.25) is 14.5 Å². The number of hydrogen-bond acceptors (Lipinski definition) is 6. The lowest BCUT2D eigenvalue weighted by atomic mass is 10.1. The fourth-order valence-corrected chi connectivity index (χ4v) is 4.24. The first-order chi connectivity index (χ1) is 11.7. The molecule has 0 spiro atoms. The first kappa shape index (κ1) is 16.9. The highest BCUT2D eigenvalue weighted by Crippen LogP contribution is 2.38. The molecule has 0 radical (unpaired) electrons. The molecule has 1 aromatic rings. The topological polar surface area (TPSA) is 94.5 Å². The van der Waals surface area contributed by atoms with Crippen LogP contribution in [0.5, 0.6) is 0 Å². The number of hydrogen-bond donors (Lipinski definition) is 2. The van der Waals surface area contributed by atoms with Crippen LogP contribution in [0.1, 0.15) is 22.4 Å². The van der Waals surface area contributed by atoms with Crippen molar-refractivity contribution in [3.8, 4) is 6.07 Å². The van der Waals surface area contributed by atoms with Crippen molar-refractivity contribution in [1.82, 2.24) is 10.2 Å². The van der Waals surface area contributed by atoms with E-state index in [4.69, 9.17) is 4.74 Å². The van der Waals surface area contributed by atoms with Crippen LogP contribution < -0.4 is 10.6 Å². The Morgan fingerprint density at radius 2 is 2.04 bits per heavy atom. The van der Waals surface area contributed by atoms with E-state index in [9.17, 15) is 14.9 Å². The van der Waals surface area contributed by atoms with Crippen LogP contribution in [-0.2, 0) is 27.2 Å². The zero-order valence-electron chi connectivity index (χ0n) is 13.4. The number of amides is 2. The third-order valence-electron chi connectivity index (χ3n) is 4.28. The van der Waals surface area contributed by atoms with E-state index in [-0.39, 0.29) is 0 Å². The van der Waals surface area contributed by atoms with E-state index in [1.54, 1.807) is 0 Å². The molecule has 8 heteroatoms. The van der Waals surface area contributed by atoms with E-state index in [1.807, 2.05) is 0 Å². The van der Waals surface area contributed by atoms with Crippen LogP contribution in [0.3, 0.4) is 0 Å². The number of rotatable bonds is 4. The molecule has 1 aromatic heterocycles. The number of carbonyl (C=O) groups is 2. The first-order valence-corrected chi connectivity index (χ1v) is 8.94. The van der Waals surface area contributed by atoms with Crippen molar-refractivity contribution in [3.63, 3.8) is 0 Å². The molecule has 1 aliphatic heterocycles. The summed E-state index contributed by atoms with van der Waals surface area (Å²) in [6.07, 6.45) is 2.86. The molecule has 2 aliphatic rings. The van der Waals surface area contributed by atoms with Crippen LogP contribution in [0, 0.1) is 11.3 Å². The second kappa shape index (κ2) is 7.75. The van der Waals surface area contributed by atoms with Crippen LogP contribution in [0.15, 0.2) is 0 Å². The average Bonchev–Trinajstić information content (AvgIpc) is 3.16. The quantitative estimate of drug-likeness (QED) is 0.773. The predicted molar refractivity (Wildman–Crippen MR) is 90.0 cm³/mol. The highest BCUT2D eigenvalue weighted by Gasteiger charge is 2.24. The molecule has 1 aliphatic carbocycles. The van der Waals surface area contributed by atoms with Gasteiger partial charge >= 0.3 is 11.8 Å². The van der Waals surface area contributed by atoms with Gasteiger partial charge in [0.1, 0.15) is 11.1 Å². The summed E-state index contributed by atoms with van der Waals surface area (Å²) in [7, 11) is 0. The van der Waals surface area contributed by atoms with Crippen LogP contribution in [-0.4, -0.2) is 56.1 Å². The third-order valence-corrected chi connectivity index (χ3v) is 5.49. The molecule has 1 saturated heterocycles. The standard InChI is InChI=1S/C16H20N4O3S/c17-10-12-11-2-1-3-13(11)24-16(12)19-15(22)14(21)18-4-5-20-6-8-23-9-7-20/h1-9H2,(H,18,21)(H,19,22). The number of fused-ring (bicyclic) bond motifs is 1. The number of morpholine rings is 1.